The third-order valence-corrected chi connectivity index (χ3v) is 6.41. The van der Waals surface area contributed by atoms with Crippen LogP contribution in [0.3, 0.4) is 0 Å². The summed E-state index contributed by atoms with van der Waals surface area (Å²) in [6.45, 7) is 1.15. The molecule has 1 aliphatic rings. The number of aromatic nitrogens is 2. The number of unbranched alkanes of at least 4 members (excludes halogenated alkanes) is 2. The van der Waals surface area contributed by atoms with Crippen LogP contribution in [0.5, 0.6) is 11.5 Å². The Morgan fingerprint density at radius 3 is 2.77 bits per heavy atom. The van der Waals surface area contributed by atoms with Gasteiger partial charge < -0.3 is 14.8 Å². The number of aromatic amines is 1. The Balaban J connectivity index is 1.19. The van der Waals surface area contributed by atoms with Gasteiger partial charge in [0.05, 0.1) is 22.3 Å². The number of amides is 1. The Labute approximate surface area is 180 Å². The Morgan fingerprint density at radius 1 is 1.06 bits per heavy atom. The maximum atomic E-state index is 12.5. The van der Waals surface area contributed by atoms with E-state index in [0.29, 0.717) is 56.2 Å². The zero-order valence-electron chi connectivity index (χ0n) is 16.9. The van der Waals surface area contributed by atoms with E-state index in [2.05, 4.69) is 20.2 Å². The van der Waals surface area contributed by atoms with Crippen LogP contribution < -0.4 is 19.5 Å². The lowest BCUT2D eigenvalue weighted by molar-refractivity contribution is -0.116. The first-order chi connectivity index (χ1) is 15.0. The summed E-state index contributed by atoms with van der Waals surface area (Å²) in [5, 5.41) is 10.7. The molecule has 1 aliphatic heterocycles. The number of carbonyl (C=O) groups excluding carboxylic acids is 1. The molecule has 1 amide bonds. The minimum absolute atomic E-state index is 0.0843. The Bertz CT molecular complexity index is 1180. The second-order valence-electron chi connectivity index (χ2n) is 7.20. The summed E-state index contributed by atoms with van der Waals surface area (Å²) in [7, 11) is -3.63. The summed E-state index contributed by atoms with van der Waals surface area (Å²) in [5.41, 5.74) is 1.50. The van der Waals surface area contributed by atoms with Crippen LogP contribution in [0.25, 0.3) is 10.9 Å². The molecule has 0 saturated heterocycles. The smallest absolute Gasteiger partial charge is 0.240 e. The van der Waals surface area contributed by atoms with Crippen molar-refractivity contribution in [3.05, 3.63) is 42.6 Å². The van der Waals surface area contributed by atoms with Gasteiger partial charge in [-0.25, -0.2) is 13.1 Å². The van der Waals surface area contributed by atoms with Gasteiger partial charge in [-0.3, -0.25) is 9.89 Å². The van der Waals surface area contributed by atoms with Crippen molar-refractivity contribution in [3.8, 4) is 11.5 Å². The summed E-state index contributed by atoms with van der Waals surface area (Å²) in [6.07, 6.45) is 4.09. The van der Waals surface area contributed by atoms with Gasteiger partial charge in [-0.1, -0.05) is 18.6 Å². The molecule has 0 bridgehead atoms. The van der Waals surface area contributed by atoms with Crippen molar-refractivity contribution in [2.24, 2.45) is 0 Å². The van der Waals surface area contributed by atoms with Gasteiger partial charge >= 0.3 is 0 Å². The number of para-hydroxylation sites is 1. The molecule has 0 aliphatic carbocycles. The molecule has 0 saturated carbocycles. The molecule has 4 rings (SSSR count). The fourth-order valence-electron chi connectivity index (χ4n) is 3.35. The Kier molecular flexibility index (Phi) is 6.38. The van der Waals surface area contributed by atoms with Crippen molar-refractivity contribution in [1.82, 2.24) is 14.9 Å². The summed E-state index contributed by atoms with van der Waals surface area (Å²) in [6, 6.07) is 10.2. The van der Waals surface area contributed by atoms with Gasteiger partial charge in [-0.15, -0.1) is 0 Å². The van der Waals surface area contributed by atoms with Gasteiger partial charge in [0, 0.05) is 24.4 Å². The molecule has 0 atom stereocenters. The van der Waals surface area contributed by atoms with Crippen LogP contribution in [-0.2, 0) is 14.8 Å². The van der Waals surface area contributed by atoms with E-state index >= 15 is 0 Å². The van der Waals surface area contributed by atoms with Crippen molar-refractivity contribution in [2.75, 3.05) is 25.1 Å². The summed E-state index contributed by atoms with van der Waals surface area (Å²) in [5.74, 6) is 0.900. The molecule has 164 valence electrons. The lowest BCUT2D eigenvalue weighted by Gasteiger charge is -2.18. The van der Waals surface area contributed by atoms with Crippen LogP contribution >= 0.6 is 0 Å². The first-order valence-corrected chi connectivity index (χ1v) is 11.6. The average Bonchev–Trinajstić information content (AvgIpc) is 3.26. The van der Waals surface area contributed by atoms with Crippen LogP contribution in [0.2, 0.25) is 0 Å². The van der Waals surface area contributed by atoms with Crippen molar-refractivity contribution in [1.29, 1.82) is 0 Å². The highest BCUT2D eigenvalue weighted by Crippen LogP contribution is 2.32. The average molecular weight is 445 g/mol. The quantitative estimate of drug-likeness (QED) is 0.436. The highest BCUT2D eigenvalue weighted by atomic mass is 32.2. The zero-order chi connectivity index (χ0) is 21.7. The van der Waals surface area contributed by atoms with E-state index in [4.69, 9.17) is 9.47 Å². The maximum Gasteiger partial charge on any atom is 0.240 e. The third-order valence-electron chi connectivity index (χ3n) is 4.95. The molecule has 0 unspecified atom stereocenters. The van der Waals surface area contributed by atoms with Crippen LogP contribution in [0.4, 0.5) is 5.69 Å². The van der Waals surface area contributed by atoms with Crippen LogP contribution in [0.1, 0.15) is 25.7 Å². The molecule has 10 heteroatoms. The number of hydrogen-bond acceptors (Lipinski definition) is 6. The SMILES string of the molecule is O=C(CCCCCNS(=O)(=O)c1ccc2c(c1)OCCO2)Nc1cccc2cn[nH]c12. The van der Waals surface area contributed by atoms with E-state index in [1.165, 1.54) is 12.1 Å². The Morgan fingerprint density at radius 2 is 1.90 bits per heavy atom. The van der Waals surface area contributed by atoms with Crippen molar-refractivity contribution < 1.29 is 22.7 Å². The van der Waals surface area contributed by atoms with E-state index in [1.807, 2.05) is 18.2 Å². The van der Waals surface area contributed by atoms with Crippen LogP contribution in [-0.4, -0.2) is 44.3 Å². The van der Waals surface area contributed by atoms with Crippen LogP contribution in [0, 0.1) is 0 Å². The lowest BCUT2D eigenvalue weighted by atomic mass is 10.2. The first-order valence-electron chi connectivity index (χ1n) is 10.1. The molecule has 2 heterocycles. The number of anilines is 1. The van der Waals surface area contributed by atoms with Gasteiger partial charge in [0.25, 0.3) is 0 Å². The fraction of sp³-hybridized carbons (Fsp3) is 0.333. The number of fused-ring (bicyclic) bond motifs is 2. The van der Waals surface area contributed by atoms with Gasteiger partial charge in [0.15, 0.2) is 11.5 Å². The molecule has 2 aromatic carbocycles. The van der Waals surface area contributed by atoms with E-state index in [9.17, 15) is 13.2 Å². The second kappa shape index (κ2) is 9.36. The number of hydrogen-bond donors (Lipinski definition) is 3. The highest BCUT2D eigenvalue weighted by Gasteiger charge is 2.19. The van der Waals surface area contributed by atoms with Crippen molar-refractivity contribution >= 4 is 32.5 Å². The van der Waals surface area contributed by atoms with Gasteiger partial charge in [-0.2, -0.15) is 5.10 Å². The minimum Gasteiger partial charge on any atom is -0.486 e. The standard InChI is InChI=1S/C21H24N4O5S/c26-20(24-17-6-4-5-15-14-22-25-21(15)17)7-2-1-3-10-23-31(27,28)16-8-9-18-19(13-16)30-12-11-29-18/h4-6,8-9,13-14,23H,1-3,7,10-12H2,(H,22,25)(H,24,26). The summed E-state index contributed by atoms with van der Waals surface area (Å²) in [4.78, 5) is 12.3. The maximum absolute atomic E-state index is 12.5. The molecule has 3 aromatic rings. The topological polar surface area (TPSA) is 122 Å². The molecule has 0 fully saturated rings. The molecule has 3 N–H and O–H groups in total. The molecular formula is C21H24N4O5S. The van der Waals surface area contributed by atoms with Gasteiger partial charge in [0.1, 0.15) is 13.2 Å². The molecule has 31 heavy (non-hydrogen) atoms. The largest absolute Gasteiger partial charge is 0.486 e. The number of nitrogens with one attached hydrogen (secondary N) is 3. The van der Waals surface area contributed by atoms with Crippen molar-refractivity contribution in [2.45, 2.75) is 30.6 Å². The number of carbonyl (C=O) groups is 1. The molecule has 9 nitrogen and oxygen atoms in total. The monoisotopic (exact) mass is 444 g/mol. The van der Waals surface area contributed by atoms with E-state index in [1.54, 1.807) is 12.3 Å². The zero-order valence-corrected chi connectivity index (χ0v) is 17.7. The number of rotatable bonds is 9. The number of ether oxygens (including phenoxy) is 2. The van der Waals surface area contributed by atoms with E-state index in [0.717, 1.165) is 17.3 Å². The normalized spacial score (nSPS) is 13.3. The fourth-order valence-corrected chi connectivity index (χ4v) is 4.44. The van der Waals surface area contributed by atoms with Gasteiger partial charge in [0.2, 0.25) is 15.9 Å². The van der Waals surface area contributed by atoms with Gasteiger partial charge in [-0.05, 0) is 31.0 Å². The minimum atomic E-state index is -3.63. The molecule has 0 radical (unpaired) electrons. The summed E-state index contributed by atoms with van der Waals surface area (Å²) < 4.78 is 38.4. The Hall–Kier alpha value is -3.11. The second-order valence-corrected chi connectivity index (χ2v) is 8.97. The first kappa shape index (κ1) is 21.1. The number of sulfonamides is 1. The lowest BCUT2D eigenvalue weighted by Crippen LogP contribution is -2.25. The van der Waals surface area contributed by atoms with Crippen LogP contribution in [0.15, 0.2) is 47.5 Å². The predicted octanol–water partition coefficient (Wildman–Crippen LogP) is 2.81. The number of benzene rings is 2. The van der Waals surface area contributed by atoms with Crippen molar-refractivity contribution in [3.63, 3.8) is 0 Å². The van der Waals surface area contributed by atoms with E-state index < -0.39 is 10.0 Å². The number of nitrogens with zero attached hydrogens (tertiary/aromatic N) is 1. The molecule has 0 spiro atoms. The predicted molar refractivity (Wildman–Crippen MR) is 116 cm³/mol. The molecular weight excluding hydrogens is 420 g/mol. The summed E-state index contributed by atoms with van der Waals surface area (Å²) >= 11 is 0. The highest BCUT2D eigenvalue weighted by molar-refractivity contribution is 7.89. The third kappa shape index (κ3) is 5.15. The van der Waals surface area contributed by atoms with E-state index in [-0.39, 0.29) is 10.8 Å². The number of H-pyrrole nitrogens is 1. The molecule has 1 aromatic heterocycles.